The highest BCUT2D eigenvalue weighted by Gasteiger charge is 1.99. The first kappa shape index (κ1) is 15.0. The topological polar surface area (TPSA) is 48.1 Å². The van der Waals surface area contributed by atoms with Crippen molar-refractivity contribution in [1.29, 1.82) is 0 Å². The Bertz CT molecular complexity index is 226. The molecule has 0 saturated heterocycles. The standard InChI is InChI=1S/C8H12N2O.2ClH/c1-6(9)8-4-3-7(11-2)5-10-8;;/h3-6H,9H2,1-2H3;2*1H/t6-;;/m1../s1. The van der Waals surface area contributed by atoms with E-state index < -0.39 is 0 Å². The monoisotopic (exact) mass is 224 g/mol. The summed E-state index contributed by atoms with van der Waals surface area (Å²) in [4.78, 5) is 4.10. The molecular formula is C8H14Cl2N2O. The van der Waals surface area contributed by atoms with Gasteiger partial charge in [0.05, 0.1) is 19.0 Å². The smallest absolute Gasteiger partial charge is 0.137 e. The predicted molar refractivity (Wildman–Crippen MR) is 57.9 cm³/mol. The minimum absolute atomic E-state index is 0. The number of halogens is 2. The van der Waals surface area contributed by atoms with E-state index in [0.29, 0.717) is 0 Å². The summed E-state index contributed by atoms with van der Waals surface area (Å²) in [6.07, 6.45) is 1.67. The van der Waals surface area contributed by atoms with E-state index in [1.54, 1.807) is 13.3 Å². The predicted octanol–water partition coefficient (Wildman–Crippen LogP) is 1.95. The number of hydrogen-bond donors (Lipinski definition) is 1. The molecule has 0 unspecified atom stereocenters. The zero-order valence-electron chi connectivity index (χ0n) is 7.56. The zero-order valence-corrected chi connectivity index (χ0v) is 9.19. The van der Waals surface area contributed by atoms with E-state index in [9.17, 15) is 0 Å². The van der Waals surface area contributed by atoms with Crippen LogP contribution in [0.4, 0.5) is 0 Å². The quantitative estimate of drug-likeness (QED) is 0.836. The Morgan fingerprint density at radius 3 is 2.31 bits per heavy atom. The van der Waals surface area contributed by atoms with Gasteiger partial charge in [0.1, 0.15) is 5.75 Å². The summed E-state index contributed by atoms with van der Waals surface area (Å²) in [6.45, 7) is 1.90. The molecule has 3 nitrogen and oxygen atoms in total. The number of nitrogens with two attached hydrogens (primary N) is 1. The van der Waals surface area contributed by atoms with Gasteiger partial charge < -0.3 is 10.5 Å². The number of nitrogens with zero attached hydrogens (tertiary/aromatic N) is 1. The SMILES string of the molecule is COc1ccc([C@@H](C)N)nc1.Cl.Cl. The molecule has 1 rings (SSSR count). The van der Waals surface area contributed by atoms with Gasteiger partial charge in [0, 0.05) is 6.04 Å². The summed E-state index contributed by atoms with van der Waals surface area (Å²) in [7, 11) is 1.61. The molecule has 2 N–H and O–H groups in total. The van der Waals surface area contributed by atoms with Crippen LogP contribution >= 0.6 is 24.8 Å². The van der Waals surface area contributed by atoms with Crippen molar-refractivity contribution < 1.29 is 4.74 Å². The Hall–Kier alpha value is -0.510. The minimum atomic E-state index is -0.0130. The van der Waals surface area contributed by atoms with Crippen molar-refractivity contribution in [3.63, 3.8) is 0 Å². The van der Waals surface area contributed by atoms with Crippen LogP contribution < -0.4 is 10.5 Å². The maximum Gasteiger partial charge on any atom is 0.137 e. The molecule has 0 spiro atoms. The van der Waals surface area contributed by atoms with Crippen molar-refractivity contribution >= 4 is 24.8 Å². The Labute approximate surface area is 90.5 Å². The molecule has 1 atom stereocenters. The van der Waals surface area contributed by atoms with Gasteiger partial charge in [-0.1, -0.05) is 0 Å². The number of aromatic nitrogens is 1. The maximum absolute atomic E-state index is 5.60. The lowest BCUT2D eigenvalue weighted by Gasteiger charge is -2.04. The Morgan fingerprint density at radius 2 is 2.00 bits per heavy atom. The second-order valence-electron chi connectivity index (χ2n) is 2.41. The van der Waals surface area contributed by atoms with Gasteiger partial charge >= 0.3 is 0 Å². The van der Waals surface area contributed by atoms with Crippen molar-refractivity contribution in [3.05, 3.63) is 24.0 Å². The first-order valence-electron chi connectivity index (χ1n) is 3.49. The molecule has 0 fully saturated rings. The van der Waals surface area contributed by atoms with Crippen molar-refractivity contribution in [2.24, 2.45) is 5.73 Å². The van der Waals surface area contributed by atoms with Crippen LogP contribution in [0.5, 0.6) is 5.75 Å². The highest BCUT2D eigenvalue weighted by Crippen LogP contribution is 2.11. The molecule has 0 radical (unpaired) electrons. The fraction of sp³-hybridized carbons (Fsp3) is 0.375. The largest absolute Gasteiger partial charge is 0.495 e. The average Bonchev–Trinajstić information content (AvgIpc) is 2.05. The van der Waals surface area contributed by atoms with Gasteiger partial charge in [0.25, 0.3) is 0 Å². The third kappa shape index (κ3) is 4.31. The lowest BCUT2D eigenvalue weighted by atomic mass is 10.2. The van der Waals surface area contributed by atoms with Crippen molar-refractivity contribution in [2.75, 3.05) is 7.11 Å². The third-order valence-electron chi connectivity index (χ3n) is 1.46. The van der Waals surface area contributed by atoms with Crippen molar-refractivity contribution in [3.8, 4) is 5.75 Å². The highest BCUT2D eigenvalue weighted by atomic mass is 35.5. The third-order valence-corrected chi connectivity index (χ3v) is 1.46. The first-order chi connectivity index (χ1) is 5.24. The van der Waals surface area contributed by atoms with Crippen LogP contribution in [-0.2, 0) is 0 Å². The summed E-state index contributed by atoms with van der Waals surface area (Å²) in [6, 6.07) is 3.70. The summed E-state index contributed by atoms with van der Waals surface area (Å²) in [5.74, 6) is 0.759. The molecule has 0 aliphatic carbocycles. The Morgan fingerprint density at radius 1 is 1.38 bits per heavy atom. The number of hydrogen-bond acceptors (Lipinski definition) is 3. The summed E-state index contributed by atoms with van der Waals surface area (Å²) in [5.41, 5.74) is 6.48. The number of rotatable bonds is 2. The maximum atomic E-state index is 5.60. The van der Waals surface area contributed by atoms with E-state index >= 15 is 0 Å². The normalized spacial score (nSPS) is 10.7. The molecule has 0 aromatic carbocycles. The first-order valence-corrected chi connectivity index (χ1v) is 3.49. The van der Waals surface area contributed by atoms with Crippen LogP contribution in [0.2, 0.25) is 0 Å². The van der Waals surface area contributed by atoms with Crippen LogP contribution in [0.1, 0.15) is 18.7 Å². The van der Waals surface area contributed by atoms with Gasteiger partial charge in [-0.25, -0.2) is 0 Å². The summed E-state index contributed by atoms with van der Waals surface area (Å²) < 4.78 is 4.95. The van der Waals surface area contributed by atoms with E-state index in [4.69, 9.17) is 10.5 Å². The van der Waals surface area contributed by atoms with Gasteiger partial charge in [-0.2, -0.15) is 0 Å². The lowest BCUT2D eigenvalue weighted by molar-refractivity contribution is 0.412. The van der Waals surface area contributed by atoms with Crippen LogP contribution in [0.15, 0.2) is 18.3 Å². The molecule has 0 aliphatic rings. The molecule has 0 amide bonds. The molecule has 1 aromatic rings. The van der Waals surface area contributed by atoms with Crippen LogP contribution in [-0.4, -0.2) is 12.1 Å². The molecule has 1 aromatic heterocycles. The van der Waals surface area contributed by atoms with Crippen molar-refractivity contribution in [1.82, 2.24) is 4.98 Å². The van der Waals surface area contributed by atoms with Crippen LogP contribution in [0, 0.1) is 0 Å². The summed E-state index contributed by atoms with van der Waals surface area (Å²) in [5, 5.41) is 0. The fourth-order valence-corrected chi connectivity index (χ4v) is 0.782. The van der Waals surface area contributed by atoms with Crippen molar-refractivity contribution in [2.45, 2.75) is 13.0 Å². The molecule has 0 saturated carbocycles. The van der Waals surface area contributed by atoms with E-state index in [2.05, 4.69) is 4.98 Å². The molecule has 13 heavy (non-hydrogen) atoms. The molecular weight excluding hydrogens is 211 g/mol. The minimum Gasteiger partial charge on any atom is -0.495 e. The fourth-order valence-electron chi connectivity index (χ4n) is 0.782. The van der Waals surface area contributed by atoms with Crippen LogP contribution in [0.25, 0.3) is 0 Å². The van der Waals surface area contributed by atoms with Gasteiger partial charge in [-0.15, -0.1) is 24.8 Å². The summed E-state index contributed by atoms with van der Waals surface area (Å²) >= 11 is 0. The lowest BCUT2D eigenvalue weighted by Crippen LogP contribution is -2.06. The van der Waals surface area contributed by atoms with E-state index in [1.807, 2.05) is 19.1 Å². The van der Waals surface area contributed by atoms with Gasteiger partial charge in [0.2, 0.25) is 0 Å². The molecule has 76 valence electrons. The highest BCUT2D eigenvalue weighted by molar-refractivity contribution is 5.85. The molecule has 1 heterocycles. The van der Waals surface area contributed by atoms with E-state index in [1.165, 1.54) is 0 Å². The number of ether oxygens (including phenoxy) is 1. The molecule has 0 bridgehead atoms. The average molecular weight is 225 g/mol. The van der Waals surface area contributed by atoms with E-state index in [-0.39, 0.29) is 30.9 Å². The van der Waals surface area contributed by atoms with Gasteiger partial charge in [-0.3, -0.25) is 4.98 Å². The second kappa shape index (κ2) is 6.95. The van der Waals surface area contributed by atoms with E-state index in [0.717, 1.165) is 11.4 Å². The molecule has 5 heteroatoms. The van der Waals surface area contributed by atoms with Gasteiger partial charge in [0.15, 0.2) is 0 Å². The Balaban J connectivity index is 0. The molecule has 0 aliphatic heterocycles. The zero-order chi connectivity index (χ0) is 8.27. The number of methoxy groups -OCH3 is 1. The van der Waals surface area contributed by atoms with Crippen LogP contribution in [0.3, 0.4) is 0 Å². The Kier molecular flexibility index (Phi) is 8.01. The number of pyridine rings is 1. The second-order valence-corrected chi connectivity index (χ2v) is 2.41. The van der Waals surface area contributed by atoms with Gasteiger partial charge in [-0.05, 0) is 19.1 Å².